The fraction of sp³-hybridized carbons (Fsp3) is 0.182. The van der Waals surface area contributed by atoms with Crippen molar-refractivity contribution in [3.05, 3.63) is 23.9 Å². The Morgan fingerprint density at radius 2 is 2.19 bits per heavy atom. The predicted molar refractivity (Wildman–Crippen MR) is 60.5 cm³/mol. The average Bonchev–Trinajstić information content (AvgIpc) is 2.29. The first kappa shape index (κ1) is 10.4. The van der Waals surface area contributed by atoms with Crippen LogP contribution in [0.15, 0.2) is 18.3 Å². The van der Waals surface area contributed by atoms with Gasteiger partial charge in [-0.3, -0.25) is 4.79 Å². The fourth-order valence-electron chi connectivity index (χ4n) is 1.51. The Hall–Kier alpha value is -2.17. The van der Waals surface area contributed by atoms with Gasteiger partial charge in [0.1, 0.15) is 11.3 Å². The average molecular weight is 217 g/mol. The van der Waals surface area contributed by atoms with E-state index in [2.05, 4.69) is 9.97 Å². The number of nitrogens with zero attached hydrogens (tertiary/aromatic N) is 2. The molecule has 0 saturated heterocycles. The number of ketones is 1. The van der Waals surface area contributed by atoms with E-state index in [4.69, 9.17) is 10.5 Å². The van der Waals surface area contributed by atoms with Gasteiger partial charge in [-0.05, 0) is 13.0 Å². The minimum absolute atomic E-state index is 0.0653. The lowest BCUT2D eigenvalue weighted by atomic mass is 10.1. The molecule has 0 saturated carbocycles. The van der Waals surface area contributed by atoms with Gasteiger partial charge in [0.15, 0.2) is 5.78 Å². The van der Waals surface area contributed by atoms with Crippen LogP contribution < -0.4 is 10.5 Å². The standard InChI is InChI=1S/C11H11N3O2/c1-6(15)8-5-13-11(12)10-7(8)3-4-9(14-10)16-2/h3-5H,1-2H3,(H2,12,13). The van der Waals surface area contributed by atoms with Crippen LogP contribution >= 0.6 is 0 Å². The molecular formula is C11H11N3O2. The first-order chi connectivity index (χ1) is 7.63. The van der Waals surface area contributed by atoms with Gasteiger partial charge in [0.25, 0.3) is 0 Å². The molecule has 2 rings (SSSR count). The quantitative estimate of drug-likeness (QED) is 0.770. The number of ether oxygens (including phenoxy) is 1. The molecule has 2 aromatic heterocycles. The van der Waals surface area contributed by atoms with Crippen LogP contribution in [-0.2, 0) is 0 Å². The van der Waals surface area contributed by atoms with Crippen molar-refractivity contribution < 1.29 is 9.53 Å². The highest BCUT2D eigenvalue weighted by atomic mass is 16.5. The lowest BCUT2D eigenvalue weighted by Crippen LogP contribution is -2.01. The Balaban J connectivity index is 2.80. The number of Topliss-reactive ketones (excluding diaryl/α,β-unsaturated/α-hetero) is 1. The summed E-state index contributed by atoms with van der Waals surface area (Å²) in [5.41, 5.74) is 6.71. The zero-order chi connectivity index (χ0) is 11.7. The second-order valence-corrected chi connectivity index (χ2v) is 3.36. The summed E-state index contributed by atoms with van der Waals surface area (Å²) in [6.07, 6.45) is 1.47. The number of pyridine rings is 2. The molecule has 0 aliphatic rings. The van der Waals surface area contributed by atoms with Gasteiger partial charge in [-0.15, -0.1) is 0 Å². The maximum atomic E-state index is 11.4. The first-order valence-electron chi connectivity index (χ1n) is 4.73. The van der Waals surface area contributed by atoms with Crippen molar-refractivity contribution in [1.29, 1.82) is 0 Å². The van der Waals surface area contributed by atoms with Crippen molar-refractivity contribution in [3.8, 4) is 5.88 Å². The Morgan fingerprint density at radius 1 is 1.44 bits per heavy atom. The van der Waals surface area contributed by atoms with Gasteiger partial charge in [0.05, 0.1) is 7.11 Å². The van der Waals surface area contributed by atoms with Gasteiger partial charge in [-0.1, -0.05) is 0 Å². The molecule has 0 atom stereocenters. The fourth-order valence-corrected chi connectivity index (χ4v) is 1.51. The van der Waals surface area contributed by atoms with Gasteiger partial charge >= 0.3 is 0 Å². The summed E-state index contributed by atoms with van der Waals surface area (Å²) in [4.78, 5) is 19.5. The highest BCUT2D eigenvalue weighted by Crippen LogP contribution is 2.23. The van der Waals surface area contributed by atoms with Crippen LogP contribution in [0.2, 0.25) is 0 Å². The molecule has 2 aromatic rings. The number of carbonyl (C=O) groups is 1. The van der Waals surface area contributed by atoms with Crippen LogP contribution in [0.5, 0.6) is 5.88 Å². The molecule has 0 spiro atoms. The highest BCUT2D eigenvalue weighted by Gasteiger charge is 2.10. The topological polar surface area (TPSA) is 78.1 Å². The summed E-state index contributed by atoms with van der Waals surface area (Å²) in [6.45, 7) is 1.48. The third-order valence-electron chi connectivity index (χ3n) is 2.32. The van der Waals surface area contributed by atoms with E-state index >= 15 is 0 Å². The van der Waals surface area contributed by atoms with Crippen LogP contribution in [-0.4, -0.2) is 22.9 Å². The molecule has 0 bridgehead atoms. The molecule has 0 fully saturated rings. The summed E-state index contributed by atoms with van der Waals surface area (Å²) in [7, 11) is 1.52. The zero-order valence-electron chi connectivity index (χ0n) is 9.02. The van der Waals surface area contributed by atoms with Gasteiger partial charge in [-0.2, -0.15) is 0 Å². The second kappa shape index (κ2) is 3.77. The van der Waals surface area contributed by atoms with E-state index in [9.17, 15) is 4.79 Å². The summed E-state index contributed by atoms with van der Waals surface area (Å²) in [5, 5.41) is 0.695. The molecule has 0 radical (unpaired) electrons. The van der Waals surface area contributed by atoms with Crippen LogP contribution in [0, 0.1) is 0 Å². The SMILES string of the molecule is COc1ccc2c(C(C)=O)cnc(N)c2n1. The van der Waals surface area contributed by atoms with Crippen molar-refractivity contribution in [3.63, 3.8) is 0 Å². The number of methoxy groups -OCH3 is 1. The Morgan fingerprint density at radius 3 is 2.81 bits per heavy atom. The van der Waals surface area contributed by atoms with E-state index < -0.39 is 0 Å². The zero-order valence-corrected chi connectivity index (χ0v) is 9.02. The molecule has 5 heteroatoms. The van der Waals surface area contributed by atoms with E-state index in [1.54, 1.807) is 12.1 Å². The molecule has 5 nitrogen and oxygen atoms in total. The van der Waals surface area contributed by atoms with Crippen molar-refractivity contribution in [2.75, 3.05) is 12.8 Å². The maximum Gasteiger partial charge on any atom is 0.213 e. The maximum absolute atomic E-state index is 11.4. The molecule has 0 aromatic carbocycles. The molecule has 0 aliphatic heterocycles. The number of nitrogens with two attached hydrogens (primary N) is 1. The Bertz CT molecular complexity index is 566. The molecule has 16 heavy (non-hydrogen) atoms. The Kier molecular flexibility index (Phi) is 2.44. The number of carbonyl (C=O) groups excluding carboxylic acids is 1. The van der Waals surface area contributed by atoms with E-state index in [0.717, 1.165) is 0 Å². The van der Waals surface area contributed by atoms with Gasteiger partial charge in [0.2, 0.25) is 5.88 Å². The van der Waals surface area contributed by atoms with Crippen LogP contribution in [0.4, 0.5) is 5.82 Å². The minimum Gasteiger partial charge on any atom is -0.481 e. The largest absolute Gasteiger partial charge is 0.481 e. The number of rotatable bonds is 2. The van der Waals surface area contributed by atoms with Crippen molar-refractivity contribution >= 4 is 22.5 Å². The van der Waals surface area contributed by atoms with Crippen molar-refractivity contribution in [2.24, 2.45) is 0 Å². The van der Waals surface area contributed by atoms with Gasteiger partial charge in [0, 0.05) is 23.2 Å². The van der Waals surface area contributed by atoms with E-state index in [0.29, 0.717) is 28.2 Å². The molecule has 2 N–H and O–H groups in total. The van der Waals surface area contributed by atoms with Crippen molar-refractivity contribution in [1.82, 2.24) is 9.97 Å². The third-order valence-corrected chi connectivity index (χ3v) is 2.32. The molecule has 2 heterocycles. The number of aromatic nitrogens is 2. The van der Waals surface area contributed by atoms with E-state index in [1.165, 1.54) is 20.2 Å². The molecule has 0 unspecified atom stereocenters. The molecule has 0 amide bonds. The summed E-state index contributed by atoms with van der Waals surface area (Å²) in [5.74, 6) is 0.671. The Labute approximate surface area is 92.3 Å². The van der Waals surface area contributed by atoms with Crippen LogP contribution in [0.3, 0.4) is 0 Å². The van der Waals surface area contributed by atoms with E-state index in [-0.39, 0.29) is 5.78 Å². The number of fused-ring (bicyclic) bond motifs is 1. The van der Waals surface area contributed by atoms with Crippen LogP contribution in [0.1, 0.15) is 17.3 Å². The van der Waals surface area contributed by atoms with Crippen molar-refractivity contribution in [2.45, 2.75) is 6.92 Å². The summed E-state index contributed by atoms with van der Waals surface area (Å²) in [6, 6.07) is 3.45. The predicted octanol–water partition coefficient (Wildman–Crippen LogP) is 1.42. The number of nitrogen functional groups attached to an aromatic ring is 1. The van der Waals surface area contributed by atoms with E-state index in [1.807, 2.05) is 0 Å². The lowest BCUT2D eigenvalue weighted by molar-refractivity contribution is 0.101. The lowest BCUT2D eigenvalue weighted by Gasteiger charge is -2.06. The summed E-state index contributed by atoms with van der Waals surface area (Å²) >= 11 is 0. The smallest absolute Gasteiger partial charge is 0.213 e. The number of anilines is 1. The molecule has 0 aliphatic carbocycles. The number of hydrogen-bond acceptors (Lipinski definition) is 5. The first-order valence-corrected chi connectivity index (χ1v) is 4.73. The minimum atomic E-state index is -0.0653. The summed E-state index contributed by atoms with van der Waals surface area (Å²) < 4.78 is 5.00. The molecule has 82 valence electrons. The second-order valence-electron chi connectivity index (χ2n) is 3.36. The van der Waals surface area contributed by atoms with Gasteiger partial charge in [-0.25, -0.2) is 9.97 Å². The van der Waals surface area contributed by atoms with Crippen LogP contribution in [0.25, 0.3) is 10.9 Å². The van der Waals surface area contributed by atoms with Gasteiger partial charge < -0.3 is 10.5 Å². The number of hydrogen-bond donors (Lipinski definition) is 1. The highest BCUT2D eigenvalue weighted by molar-refractivity contribution is 6.07. The normalized spacial score (nSPS) is 10.4. The monoisotopic (exact) mass is 217 g/mol. The third kappa shape index (κ3) is 1.56. The molecular weight excluding hydrogens is 206 g/mol.